The zero-order valence-corrected chi connectivity index (χ0v) is 27.5. The quantitative estimate of drug-likeness (QED) is 0.216. The highest BCUT2D eigenvalue weighted by Gasteiger charge is 2.34. The van der Waals surface area contributed by atoms with E-state index >= 15 is 0 Å². The number of carbonyl (C=O) groups excluding carboxylic acids is 2. The van der Waals surface area contributed by atoms with Gasteiger partial charge in [0, 0.05) is 28.7 Å². The van der Waals surface area contributed by atoms with Crippen molar-refractivity contribution in [3.8, 4) is 5.75 Å². The van der Waals surface area contributed by atoms with Crippen LogP contribution in [-0.2, 0) is 26.2 Å². The highest BCUT2D eigenvalue weighted by atomic mass is 35.5. The lowest BCUT2D eigenvalue weighted by molar-refractivity contribution is -0.140. The van der Waals surface area contributed by atoms with Crippen LogP contribution in [-0.4, -0.2) is 50.9 Å². The van der Waals surface area contributed by atoms with Crippen molar-refractivity contribution in [3.05, 3.63) is 87.9 Å². The molecule has 0 aliphatic heterocycles. The van der Waals surface area contributed by atoms with Gasteiger partial charge in [-0.05, 0) is 74.7 Å². The molecule has 3 aromatic rings. The lowest BCUT2D eigenvalue weighted by Crippen LogP contribution is -2.52. The molecular formula is C32H39Cl2N3O5S. The van der Waals surface area contributed by atoms with Crippen molar-refractivity contribution in [1.82, 2.24) is 10.2 Å². The molecule has 0 aromatic heterocycles. The van der Waals surface area contributed by atoms with Gasteiger partial charge in [0.25, 0.3) is 10.0 Å². The normalized spacial score (nSPS) is 12.1. The third-order valence-corrected chi connectivity index (χ3v) is 9.28. The van der Waals surface area contributed by atoms with Crippen LogP contribution < -0.4 is 14.4 Å². The maximum absolute atomic E-state index is 14.2. The first-order valence-corrected chi connectivity index (χ1v) is 16.4. The number of anilines is 1. The Hall–Kier alpha value is -3.27. The van der Waals surface area contributed by atoms with E-state index in [-0.39, 0.29) is 35.4 Å². The van der Waals surface area contributed by atoms with E-state index in [9.17, 15) is 18.0 Å². The van der Waals surface area contributed by atoms with Gasteiger partial charge in [0.05, 0.1) is 17.2 Å². The SMILES string of the molecule is CCOc1ccc(N(CC(=O)N(Cc2c(Cl)cccc2Cl)C(CC)C(=O)NCC(C)C)S(=O)(=O)c2ccc(C)cc2)cc1. The number of ether oxygens (including phenoxy) is 1. The Morgan fingerprint density at radius 3 is 2.07 bits per heavy atom. The van der Waals surface area contributed by atoms with Crippen molar-refractivity contribution in [3.63, 3.8) is 0 Å². The summed E-state index contributed by atoms with van der Waals surface area (Å²) in [6, 6.07) is 17.0. The minimum Gasteiger partial charge on any atom is -0.494 e. The van der Waals surface area contributed by atoms with Gasteiger partial charge >= 0.3 is 0 Å². The summed E-state index contributed by atoms with van der Waals surface area (Å²) in [5.74, 6) is -0.180. The number of nitrogens with one attached hydrogen (secondary N) is 1. The monoisotopic (exact) mass is 647 g/mol. The Kier molecular flexibility index (Phi) is 12.3. The lowest BCUT2D eigenvalue weighted by atomic mass is 10.1. The van der Waals surface area contributed by atoms with Crippen molar-refractivity contribution < 1.29 is 22.7 Å². The van der Waals surface area contributed by atoms with Crippen molar-refractivity contribution in [2.24, 2.45) is 5.92 Å². The topological polar surface area (TPSA) is 96.0 Å². The first kappa shape index (κ1) is 34.2. The lowest BCUT2D eigenvalue weighted by Gasteiger charge is -2.33. The standard InChI is InChI=1S/C32H39Cl2N3O5S/c1-6-30(32(39)35-19-22(3)4)36(20-27-28(33)9-8-10-29(27)34)31(38)21-37(24-13-15-25(16-14-24)42-7-2)43(40,41)26-17-11-23(5)12-18-26/h8-18,22,30H,6-7,19-21H2,1-5H3,(H,35,39). The number of sulfonamides is 1. The number of amides is 2. The Morgan fingerprint density at radius 1 is 0.930 bits per heavy atom. The summed E-state index contributed by atoms with van der Waals surface area (Å²) < 4.78 is 34.6. The number of benzene rings is 3. The Bertz CT molecular complexity index is 1480. The van der Waals surface area contributed by atoms with Crippen LogP contribution in [0.1, 0.15) is 45.2 Å². The smallest absolute Gasteiger partial charge is 0.264 e. The minimum absolute atomic E-state index is 0.0298. The van der Waals surface area contributed by atoms with E-state index in [2.05, 4.69) is 5.32 Å². The summed E-state index contributed by atoms with van der Waals surface area (Å²) in [7, 11) is -4.20. The van der Waals surface area contributed by atoms with Crippen molar-refractivity contribution in [2.75, 3.05) is 24.0 Å². The average molecular weight is 649 g/mol. The first-order chi connectivity index (χ1) is 20.4. The van der Waals surface area contributed by atoms with E-state index in [1.807, 2.05) is 27.7 Å². The summed E-state index contributed by atoms with van der Waals surface area (Å²) in [4.78, 5) is 29.0. The van der Waals surface area contributed by atoms with Crippen LogP contribution in [0.25, 0.3) is 0 Å². The molecule has 43 heavy (non-hydrogen) atoms. The van der Waals surface area contributed by atoms with Crippen LogP contribution in [0.2, 0.25) is 10.0 Å². The van der Waals surface area contributed by atoms with Crippen molar-refractivity contribution in [2.45, 2.75) is 58.5 Å². The molecule has 11 heteroatoms. The van der Waals surface area contributed by atoms with Crippen molar-refractivity contribution in [1.29, 1.82) is 0 Å². The number of aryl methyl sites for hydroxylation is 1. The van der Waals surface area contributed by atoms with Crippen molar-refractivity contribution >= 4 is 50.7 Å². The van der Waals surface area contributed by atoms with E-state index in [0.717, 1.165) is 9.87 Å². The Balaban J connectivity index is 2.09. The molecule has 1 atom stereocenters. The molecule has 0 spiro atoms. The maximum Gasteiger partial charge on any atom is 0.264 e. The number of carbonyl (C=O) groups is 2. The molecule has 1 N–H and O–H groups in total. The Morgan fingerprint density at radius 2 is 1.53 bits per heavy atom. The number of nitrogens with zero attached hydrogens (tertiary/aromatic N) is 2. The maximum atomic E-state index is 14.2. The van der Waals surface area contributed by atoms with E-state index in [1.165, 1.54) is 17.0 Å². The molecule has 0 radical (unpaired) electrons. The average Bonchev–Trinajstić information content (AvgIpc) is 2.97. The summed E-state index contributed by atoms with van der Waals surface area (Å²) in [6.45, 7) is 9.65. The molecule has 0 aliphatic carbocycles. The second-order valence-corrected chi connectivity index (χ2v) is 13.2. The van der Waals surface area contributed by atoms with Crippen LogP contribution in [0.3, 0.4) is 0 Å². The fraction of sp³-hybridized carbons (Fsp3) is 0.375. The molecular weight excluding hydrogens is 609 g/mol. The van der Waals surface area contributed by atoms with E-state index in [0.29, 0.717) is 34.5 Å². The van der Waals surface area contributed by atoms with E-state index < -0.39 is 28.5 Å². The summed E-state index contributed by atoms with van der Waals surface area (Å²) in [5, 5.41) is 3.57. The second kappa shape index (κ2) is 15.5. The fourth-order valence-corrected chi connectivity index (χ4v) is 6.37. The highest BCUT2D eigenvalue weighted by Crippen LogP contribution is 2.29. The first-order valence-electron chi connectivity index (χ1n) is 14.2. The van der Waals surface area contributed by atoms with Gasteiger partial charge < -0.3 is 15.0 Å². The van der Waals surface area contributed by atoms with Gasteiger partial charge in [0.2, 0.25) is 11.8 Å². The molecule has 0 fully saturated rings. The third kappa shape index (κ3) is 8.87. The molecule has 232 valence electrons. The summed E-state index contributed by atoms with van der Waals surface area (Å²) >= 11 is 12.9. The van der Waals surface area contributed by atoms with Crippen LogP contribution in [0.4, 0.5) is 5.69 Å². The van der Waals surface area contributed by atoms with E-state index in [1.54, 1.807) is 61.5 Å². The second-order valence-electron chi connectivity index (χ2n) is 10.5. The molecule has 0 heterocycles. The van der Waals surface area contributed by atoms with Gasteiger partial charge in [-0.1, -0.05) is 67.7 Å². The minimum atomic E-state index is -4.20. The third-order valence-electron chi connectivity index (χ3n) is 6.78. The predicted octanol–water partition coefficient (Wildman–Crippen LogP) is 6.48. The molecule has 8 nitrogen and oxygen atoms in total. The van der Waals surface area contributed by atoms with Gasteiger partial charge in [-0.25, -0.2) is 8.42 Å². The van der Waals surface area contributed by atoms with Gasteiger partial charge in [-0.2, -0.15) is 0 Å². The zero-order valence-electron chi connectivity index (χ0n) is 25.1. The van der Waals surface area contributed by atoms with Gasteiger partial charge in [-0.15, -0.1) is 0 Å². The molecule has 0 saturated heterocycles. The summed E-state index contributed by atoms with van der Waals surface area (Å²) in [6.07, 6.45) is 0.283. The highest BCUT2D eigenvalue weighted by molar-refractivity contribution is 7.92. The predicted molar refractivity (Wildman–Crippen MR) is 172 cm³/mol. The van der Waals surface area contributed by atoms with Crippen LogP contribution in [0.15, 0.2) is 71.6 Å². The summed E-state index contributed by atoms with van der Waals surface area (Å²) in [5.41, 5.74) is 1.62. The molecule has 1 unspecified atom stereocenters. The number of halogens is 2. The molecule has 3 aromatic carbocycles. The van der Waals surface area contributed by atoms with E-state index in [4.69, 9.17) is 27.9 Å². The zero-order chi connectivity index (χ0) is 31.7. The molecule has 0 aliphatic rings. The van der Waals surface area contributed by atoms with Gasteiger partial charge in [0.1, 0.15) is 18.3 Å². The fourth-order valence-electron chi connectivity index (χ4n) is 4.44. The molecule has 3 rings (SSSR count). The number of hydrogen-bond acceptors (Lipinski definition) is 5. The van der Waals surface area contributed by atoms with Crippen LogP contribution in [0, 0.1) is 12.8 Å². The van der Waals surface area contributed by atoms with Crippen LogP contribution in [0.5, 0.6) is 5.75 Å². The Labute approximate surface area is 265 Å². The van der Waals surface area contributed by atoms with Crippen LogP contribution >= 0.6 is 23.2 Å². The van der Waals surface area contributed by atoms with Gasteiger partial charge in [-0.3, -0.25) is 13.9 Å². The molecule has 0 bridgehead atoms. The van der Waals surface area contributed by atoms with Gasteiger partial charge in [0.15, 0.2) is 0 Å². The molecule has 0 saturated carbocycles. The number of rotatable bonds is 14. The largest absolute Gasteiger partial charge is 0.494 e. The molecule has 2 amide bonds. The number of hydrogen-bond donors (Lipinski definition) is 1.